The van der Waals surface area contributed by atoms with Crippen LogP contribution in [0.5, 0.6) is 0 Å². The van der Waals surface area contributed by atoms with Gasteiger partial charge in [-0.25, -0.2) is 18.0 Å². The zero-order valence-electron chi connectivity index (χ0n) is 16.3. The van der Waals surface area contributed by atoms with Crippen molar-refractivity contribution in [3.8, 4) is 0 Å². The van der Waals surface area contributed by atoms with Crippen LogP contribution in [0.3, 0.4) is 0 Å². The summed E-state index contributed by atoms with van der Waals surface area (Å²) >= 11 is 6.08. The minimum absolute atomic E-state index is 0.0258. The van der Waals surface area contributed by atoms with Crippen molar-refractivity contribution in [2.45, 2.75) is 0 Å². The van der Waals surface area contributed by atoms with Crippen LogP contribution in [-0.4, -0.2) is 53.3 Å². The summed E-state index contributed by atoms with van der Waals surface area (Å²) in [5.41, 5.74) is 0.129. The Bertz CT molecular complexity index is 1090. The van der Waals surface area contributed by atoms with E-state index in [-0.39, 0.29) is 27.5 Å². The summed E-state index contributed by atoms with van der Waals surface area (Å²) in [5.74, 6) is -2.21. The number of rotatable bonds is 7. The number of hydrogen-bond donors (Lipinski definition) is 1. The second-order valence-corrected chi connectivity index (χ2v) is 8.33. The van der Waals surface area contributed by atoms with Gasteiger partial charge in [0.05, 0.1) is 48.0 Å². The molecule has 0 bridgehead atoms. The molecule has 9 nitrogen and oxygen atoms in total. The van der Waals surface area contributed by atoms with Crippen LogP contribution in [0.15, 0.2) is 42.5 Å². The Morgan fingerprint density at radius 3 is 2.23 bits per heavy atom. The fraction of sp³-hybridized carbons (Fsp3) is 0.211. The van der Waals surface area contributed by atoms with Crippen LogP contribution < -0.4 is 9.62 Å². The summed E-state index contributed by atoms with van der Waals surface area (Å²) in [6.45, 7) is -0.619. The van der Waals surface area contributed by atoms with Gasteiger partial charge in [0.25, 0.3) is 0 Å². The lowest BCUT2D eigenvalue weighted by atomic mass is 10.1. The highest BCUT2D eigenvalue weighted by Crippen LogP contribution is 2.27. The third kappa shape index (κ3) is 5.49. The number of amides is 1. The molecule has 0 aliphatic rings. The molecular weight excluding hydrogens is 436 g/mol. The Hall–Kier alpha value is -3.11. The number of carbonyl (C=O) groups excluding carboxylic acids is 3. The SMILES string of the molecule is COC(=O)c1ccc(C(=O)OC)c(NC(=O)CN(c2ccccc2Cl)S(C)(=O)=O)c1. The summed E-state index contributed by atoms with van der Waals surface area (Å²) in [6, 6.07) is 9.99. The molecule has 1 amide bonds. The zero-order valence-corrected chi connectivity index (χ0v) is 17.9. The van der Waals surface area contributed by atoms with E-state index in [1.54, 1.807) is 12.1 Å². The van der Waals surface area contributed by atoms with Gasteiger partial charge in [0, 0.05) is 0 Å². The van der Waals surface area contributed by atoms with Gasteiger partial charge in [0.1, 0.15) is 6.54 Å². The molecule has 0 saturated heterocycles. The number of halogens is 1. The van der Waals surface area contributed by atoms with E-state index in [4.69, 9.17) is 11.6 Å². The van der Waals surface area contributed by atoms with E-state index < -0.39 is 34.4 Å². The molecule has 0 spiro atoms. The van der Waals surface area contributed by atoms with Gasteiger partial charge in [-0.2, -0.15) is 0 Å². The molecule has 11 heteroatoms. The summed E-state index contributed by atoms with van der Waals surface area (Å²) in [4.78, 5) is 36.4. The summed E-state index contributed by atoms with van der Waals surface area (Å²) in [7, 11) is -1.52. The predicted molar refractivity (Wildman–Crippen MR) is 111 cm³/mol. The van der Waals surface area contributed by atoms with Crippen LogP contribution in [0.4, 0.5) is 11.4 Å². The van der Waals surface area contributed by atoms with E-state index in [0.717, 1.165) is 17.7 Å². The van der Waals surface area contributed by atoms with Crippen LogP contribution in [0, 0.1) is 0 Å². The van der Waals surface area contributed by atoms with Gasteiger partial charge >= 0.3 is 11.9 Å². The smallest absolute Gasteiger partial charge is 0.339 e. The first-order valence-electron chi connectivity index (χ1n) is 8.41. The van der Waals surface area contributed by atoms with E-state index >= 15 is 0 Å². The van der Waals surface area contributed by atoms with Crippen LogP contribution in [0.1, 0.15) is 20.7 Å². The summed E-state index contributed by atoms with van der Waals surface area (Å²) < 4.78 is 34.6. The number of sulfonamides is 1. The van der Waals surface area contributed by atoms with Gasteiger partial charge in [0.2, 0.25) is 15.9 Å². The monoisotopic (exact) mass is 454 g/mol. The van der Waals surface area contributed by atoms with E-state index in [2.05, 4.69) is 14.8 Å². The van der Waals surface area contributed by atoms with E-state index in [1.165, 1.54) is 37.4 Å². The molecule has 0 aliphatic carbocycles. The van der Waals surface area contributed by atoms with Gasteiger partial charge < -0.3 is 14.8 Å². The molecule has 2 aromatic rings. The number of carbonyl (C=O) groups is 3. The minimum Gasteiger partial charge on any atom is -0.465 e. The molecule has 0 heterocycles. The Kier molecular flexibility index (Phi) is 7.41. The van der Waals surface area contributed by atoms with Gasteiger partial charge in [-0.3, -0.25) is 9.10 Å². The maximum atomic E-state index is 12.6. The molecule has 0 unspecified atom stereocenters. The Morgan fingerprint density at radius 1 is 1.03 bits per heavy atom. The van der Waals surface area contributed by atoms with Crippen molar-refractivity contribution in [2.75, 3.05) is 36.6 Å². The number of ether oxygens (including phenoxy) is 2. The number of nitrogens with one attached hydrogen (secondary N) is 1. The van der Waals surface area contributed by atoms with Crippen LogP contribution in [0.2, 0.25) is 5.02 Å². The second kappa shape index (κ2) is 9.59. The zero-order chi connectivity index (χ0) is 22.5. The topological polar surface area (TPSA) is 119 Å². The fourth-order valence-corrected chi connectivity index (χ4v) is 3.69. The molecular formula is C19H19ClN2O7S. The number of benzene rings is 2. The normalized spacial score (nSPS) is 10.8. The molecule has 2 aromatic carbocycles. The average molecular weight is 455 g/mol. The fourth-order valence-electron chi connectivity index (χ4n) is 2.54. The maximum absolute atomic E-state index is 12.6. The number of hydrogen-bond acceptors (Lipinski definition) is 7. The first-order chi connectivity index (χ1) is 14.1. The number of nitrogens with zero attached hydrogens (tertiary/aromatic N) is 1. The number of esters is 2. The largest absolute Gasteiger partial charge is 0.465 e. The molecule has 0 radical (unpaired) electrons. The quantitative estimate of drug-likeness (QED) is 0.637. The van der Waals surface area contributed by atoms with Crippen molar-refractivity contribution in [1.82, 2.24) is 0 Å². The first-order valence-corrected chi connectivity index (χ1v) is 10.6. The Labute approximate surface area is 178 Å². The lowest BCUT2D eigenvalue weighted by Gasteiger charge is -2.23. The number of methoxy groups -OCH3 is 2. The van der Waals surface area contributed by atoms with Crippen LogP contribution in [0.25, 0.3) is 0 Å². The highest BCUT2D eigenvalue weighted by molar-refractivity contribution is 7.92. The van der Waals surface area contributed by atoms with Crippen molar-refractivity contribution >= 4 is 50.8 Å². The summed E-state index contributed by atoms with van der Waals surface area (Å²) in [5, 5.41) is 2.58. The van der Waals surface area contributed by atoms with Gasteiger partial charge in [-0.1, -0.05) is 23.7 Å². The molecule has 0 fully saturated rings. The number of para-hydroxylation sites is 1. The molecule has 0 saturated carbocycles. The molecule has 1 N–H and O–H groups in total. The minimum atomic E-state index is -3.86. The average Bonchev–Trinajstić information content (AvgIpc) is 2.70. The van der Waals surface area contributed by atoms with E-state index in [1.807, 2.05) is 0 Å². The van der Waals surface area contributed by atoms with Crippen molar-refractivity contribution < 1.29 is 32.3 Å². The molecule has 160 valence electrons. The lowest BCUT2D eigenvalue weighted by molar-refractivity contribution is -0.114. The van der Waals surface area contributed by atoms with Crippen LogP contribution in [-0.2, 0) is 24.3 Å². The van der Waals surface area contributed by atoms with Crippen molar-refractivity contribution in [3.05, 3.63) is 58.6 Å². The third-order valence-corrected chi connectivity index (χ3v) is 5.37. The standard InChI is InChI=1S/C19H19ClN2O7S/c1-28-18(24)12-8-9-13(19(25)29-2)15(10-12)21-17(23)11-22(30(3,26)27)16-7-5-4-6-14(16)20/h4-10H,11H2,1-3H3,(H,21,23). The van der Waals surface area contributed by atoms with Gasteiger partial charge in [0.15, 0.2) is 0 Å². The van der Waals surface area contributed by atoms with Crippen LogP contribution >= 0.6 is 11.6 Å². The molecule has 30 heavy (non-hydrogen) atoms. The molecule has 2 rings (SSSR count). The highest BCUT2D eigenvalue weighted by atomic mass is 35.5. The molecule has 0 aliphatic heterocycles. The predicted octanol–water partition coefficient (Wildman–Crippen LogP) is 2.32. The lowest BCUT2D eigenvalue weighted by Crippen LogP contribution is -2.37. The van der Waals surface area contributed by atoms with Crippen molar-refractivity contribution in [2.24, 2.45) is 0 Å². The molecule has 0 atom stereocenters. The van der Waals surface area contributed by atoms with E-state index in [0.29, 0.717) is 0 Å². The Morgan fingerprint density at radius 2 is 1.67 bits per heavy atom. The highest BCUT2D eigenvalue weighted by Gasteiger charge is 2.24. The second-order valence-electron chi connectivity index (χ2n) is 6.01. The van der Waals surface area contributed by atoms with Crippen molar-refractivity contribution in [3.63, 3.8) is 0 Å². The Balaban J connectivity index is 2.38. The third-order valence-electron chi connectivity index (χ3n) is 3.93. The van der Waals surface area contributed by atoms with E-state index in [9.17, 15) is 22.8 Å². The molecule has 0 aromatic heterocycles. The van der Waals surface area contributed by atoms with Gasteiger partial charge in [-0.05, 0) is 30.3 Å². The van der Waals surface area contributed by atoms with Crippen molar-refractivity contribution in [1.29, 1.82) is 0 Å². The summed E-state index contributed by atoms with van der Waals surface area (Å²) in [6.07, 6.45) is 0.932. The van der Waals surface area contributed by atoms with Gasteiger partial charge in [-0.15, -0.1) is 0 Å². The first kappa shape index (κ1) is 23.2. The number of anilines is 2. The maximum Gasteiger partial charge on any atom is 0.339 e.